The fourth-order valence-corrected chi connectivity index (χ4v) is 3.17. The number of rotatable bonds is 7. The molecule has 3 nitrogen and oxygen atoms in total. The van der Waals surface area contributed by atoms with Gasteiger partial charge in [0, 0.05) is 18.4 Å². The minimum atomic E-state index is -0.00986. The number of aryl methyl sites for hydroxylation is 1. The van der Waals surface area contributed by atoms with Gasteiger partial charge in [-0.3, -0.25) is 4.79 Å². The van der Waals surface area contributed by atoms with Gasteiger partial charge >= 0.3 is 0 Å². The molecule has 1 aromatic rings. The summed E-state index contributed by atoms with van der Waals surface area (Å²) >= 11 is 3.16. The van der Waals surface area contributed by atoms with Crippen LogP contribution in [0.5, 0.6) is 0 Å². The first-order valence-corrected chi connectivity index (χ1v) is 7.97. The van der Waals surface area contributed by atoms with Crippen molar-refractivity contribution in [2.75, 3.05) is 18.6 Å². The van der Waals surface area contributed by atoms with Crippen molar-refractivity contribution in [3.63, 3.8) is 0 Å². The van der Waals surface area contributed by atoms with Crippen LogP contribution in [0.4, 0.5) is 0 Å². The van der Waals surface area contributed by atoms with Crippen LogP contribution >= 0.6 is 23.1 Å². The van der Waals surface area contributed by atoms with Gasteiger partial charge in [-0.05, 0) is 36.1 Å². The van der Waals surface area contributed by atoms with Crippen LogP contribution in [0.3, 0.4) is 0 Å². The number of thioether (sulfide) groups is 1. The number of carbonyl (C=O) groups is 1. The SMILES string of the molecule is CCc1ccsc1C(=O)NC(CCO)CSC. The van der Waals surface area contributed by atoms with Crippen molar-refractivity contribution in [1.82, 2.24) is 5.32 Å². The molecule has 0 aliphatic heterocycles. The molecule has 1 atom stereocenters. The van der Waals surface area contributed by atoms with E-state index in [2.05, 4.69) is 5.32 Å². The minimum absolute atomic E-state index is 0.00986. The van der Waals surface area contributed by atoms with Gasteiger partial charge in [-0.25, -0.2) is 0 Å². The van der Waals surface area contributed by atoms with Gasteiger partial charge in [-0.2, -0.15) is 11.8 Å². The number of hydrogen-bond acceptors (Lipinski definition) is 4. The molecule has 0 aliphatic rings. The predicted octanol–water partition coefficient (Wildman–Crippen LogP) is 2.15. The Kier molecular flexibility index (Phi) is 6.62. The standard InChI is InChI=1S/C12H19NO2S2/c1-3-9-5-7-17-11(9)12(15)13-10(4-6-14)8-16-2/h5,7,10,14H,3-4,6,8H2,1-2H3,(H,13,15). The van der Waals surface area contributed by atoms with Crippen molar-refractivity contribution < 1.29 is 9.90 Å². The van der Waals surface area contributed by atoms with Gasteiger partial charge in [-0.1, -0.05) is 6.92 Å². The van der Waals surface area contributed by atoms with Crippen LogP contribution in [0.25, 0.3) is 0 Å². The normalized spacial score (nSPS) is 12.4. The van der Waals surface area contributed by atoms with E-state index in [-0.39, 0.29) is 18.6 Å². The molecule has 0 saturated carbocycles. The molecule has 17 heavy (non-hydrogen) atoms. The van der Waals surface area contributed by atoms with Crippen molar-refractivity contribution in [3.05, 3.63) is 21.9 Å². The molecule has 2 N–H and O–H groups in total. The number of carbonyl (C=O) groups excluding carboxylic acids is 1. The average Bonchev–Trinajstić information content (AvgIpc) is 2.77. The lowest BCUT2D eigenvalue weighted by Gasteiger charge is -2.16. The first-order valence-electron chi connectivity index (χ1n) is 5.69. The Balaban J connectivity index is 2.63. The second-order valence-electron chi connectivity index (χ2n) is 3.77. The number of amides is 1. The van der Waals surface area contributed by atoms with Crippen molar-refractivity contribution in [1.29, 1.82) is 0 Å². The molecule has 0 saturated heterocycles. The molecule has 96 valence electrons. The largest absolute Gasteiger partial charge is 0.396 e. The molecule has 0 radical (unpaired) electrons. The fourth-order valence-electron chi connectivity index (χ4n) is 1.62. The summed E-state index contributed by atoms with van der Waals surface area (Å²) in [6.45, 7) is 2.16. The Morgan fingerprint density at radius 1 is 1.65 bits per heavy atom. The van der Waals surface area contributed by atoms with Gasteiger partial charge in [0.25, 0.3) is 5.91 Å². The smallest absolute Gasteiger partial charge is 0.261 e. The van der Waals surface area contributed by atoms with E-state index in [0.29, 0.717) is 6.42 Å². The van der Waals surface area contributed by atoms with Crippen molar-refractivity contribution in [3.8, 4) is 0 Å². The number of nitrogens with one attached hydrogen (secondary N) is 1. The van der Waals surface area contributed by atoms with E-state index < -0.39 is 0 Å². The van der Waals surface area contributed by atoms with Crippen LogP contribution in [0.1, 0.15) is 28.6 Å². The van der Waals surface area contributed by atoms with Gasteiger partial charge < -0.3 is 10.4 Å². The molecule has 0 aliphatic carbocycles. The zero-order chi connectivity index (χ0) is 12.7. The van der Waals surface area contributed by atoms with E-state index in [9.17, 15) is 4.79 Å². The number of hydrogen-bond donors (Lipinski definition) is 2. The van der Waals surface area contributed by atoms with Gasteiger partial charge in [0.1, 0.15) is 0 Å². The lowest BCUT2D eigenvalue weighted by molar-refractivity contribution is 0.0938. The Bertz CT molecular complexity index is 346. The Morgan fingerprint density at radius 2 is 2.41 bits per heavy atom. The summed E-state index contributed by atoms with van der Waals surface area (Å²) in [5.41, 5.74) is 1.10. The molecule has 1 amide bonds. The van der Waals surface area contributed by atoms with E-state index in [1.54, 1.807) is 11.8 Å². The van der Waals surface area contributed by atoms with Crippen LogP contribution in [0.15, 0.2) is 11.4 Å². The number of aliphatic hydroxyl groups excluding tert-OH is 1. The van der Waals surface area contributed by atoms with Crippen LogP contribution in [0.2, 0.25) is 0 Å². The number of thiophene rings is 1. The first-order chi connectivity index (χ1) is 8.22. The highest BCUT2D eigenvalue weighted by Gasteiger charge is 2.16. The Morgan fingerprint density at radius 3 is 3.00 bits per heavy atom. The van der Waals surface area contributed by atoms with E-state index in [0.717, 1.165) is 22.6 Å². The van der Waals surface area contributed by atoms with Crippen LogP contribution in [0, 0.1) is 0 Å². The summed E-state index contributed by atoms with van der Waals surface area (Å²) in [5, 5.41) is 13.9. The van der Waals surface area contributed by atoms with Gasteiger partial charge in [0.2, 0.25) is 0 Å². The second kappa shape index (κ2) is 7.74. The highest BCUT2D eigenvalue weighted by molar-refractivity contribution is 7.98. The maximum atomic E-state index is 12.1. The summed E-state index contributed by atoms with van der Waals surface area (Å²) in [6.07, 6.45) is 3.48. The highest BCUT2D eigenvalue weighted by Crippen LogP contribution is 2.17. The van der Waals surface area contributed by atoms with Gasteiger partial charge in [0.15, 0.2) is 0 Å². The maximum absolute atomic E-state index is 12.1. The van der Waals surface area contributed by atoms with Gasteiger partial charge in [-0.15, -0.1) is 11.3 Å². The van der Waals surface area contributed by atoms with Crippen LogP contribution < -0.4 is 5.32 Å². The molecule has 1 heterocycles. The first kappa shape index (κ1) is 14.5. The molecule has 0 fully saturated rings. The molecule has 0 bridgehead atoms. The maximum Gasteiger partial charge on any atom is 0.261 e. The Hall–Kier alpha value is -0.520. The molecule has 1 rings (SSSR count). The lowest BCUT2D eigenvalue weighted by atomic mass is 10.2. The molecule has 0 aromatic carbocycles. The average molecular weight is 273 g/mol. The third-order valence-corrected chi connectivity index (χ3v) is 4.21. The van der Waals surface area contributed by atoms with Crippen LogP contribution in [-0.2, 0) is 6.42 Å². The van der Waals surface area contributed by atoms with E-state index >= 15 is 0 Å². The van der Waals surface area contributed by atoms with E-state index in [1.165, 1.54) is 11.3 Å². The monoisotopic (exact) mass is 273 g/mol. The van der Waals surface area contributed by atoms with Gasteiger partial charge in [0.05, 0.1) is 4.88 Å². The quantitative estimate of drug-likeness (QED) is 0.800. The second-order valence-corrected chi connectivity index (χ2v) is 5.59. The molecule has 1 unspecified atom stereocenters. The molecular weight excluding hydrogens is 254 g/mol. The minimum Gasteiger partial charge on any atom is -0.396 e. The zero-order valence-corrected chi connectivity index (χ0v) is 11.9. The third-order valence-electron chi connectivity index (χ3n) is 2.51. The van der Waals surface area contributed by atoms with Crippen LogP contribution in [-0.4, -0.2) is 35.7 Å². The summed E-state index contributed by atoms with van der Waals surface area (Å²) in [6, 6.07) is 2.05. The number of aliphatic hydroxyl groups is 1. The topological polar surface area (TPSA) is 49.3 Å². The molecule has 0 spiro atoms. The zero-order valence-electron chi connectivity index (χ0n) is 10.2. The third kappa shape index (κ3) is 4.33. The molecule has 5 heteroatoms. The summed E-state index contributed by atoms with van der Waals surface area (Å²) in [4.78, 5) is 12.9. The Labute approximate surface area is 111 Å². The summed E-state index contributed by atoms with van der Waals surface area (Å²) in [7, 11) is 0. The molecule has 1 aromatic heterocycles. The van der Waals surface area contributed by atoms with Crippen molar-refractivity contribution >= 4 is 29.0 Å². The predicted molar refractivity (Wildman–Crippen MR) is 75.0 cm³/mol. The lowest BCUT2D eigenvalue weighted by Crippen LogP contribution is -2.37. The molecular formula is C12H19NO2S2. The highest BCUT2D eigenvalue weighted by atomic mass is 32.2. The van der Waals surface area contributed by atoms with Crippen molar-refractivity contribution in [2.45, 2.75) is 25.8 Å². The van der Waals surface area contributed by atoms with E-state index in [4.69, 9.17) is 5.11 Å². The van der Waals surface area contributed by atoms with Crippen molar-refractivity contribution in [2.24, 2.45) is 0 Å². The summed E-state index contributed by atoms with van der Waals surface area (Å²) < 4.78 is 0. The fraction of sp³-hybridized carbons (Fsp3) is 0.583. The summed E-state index contributed by atoms with van der Waals surface area (Å²) in [5.74, 6) is 0.823. The van der Waals surface area contributed by atoms with E-state index in [1.807, 2.05) is 24.6 Å².